The Morgan fingerprint density at radius 3 is 2.68 bits per heavy atom. The van der Waals surface area contributed by atoms with Crippen LogP contribution in [0.25, 0.3) is 10.9 Å². The van der Waals surface area contributed by atoms with Gasteiger partial charge in [0.15, 0.2) is 0 Å². The Morgan fingerprint density at radius 2 is 2.05 bits per heavy atom. The van der Waals surface area contributed by atoms with Crippen LogP contribution in [0, 0.1) is 0 Å². The van der Waals surface area contributed by atoms with E-state index >= 15 is 0 Å². The van der Waals surface area contributed by atoms with E-state index < -0.39 is 6.04 Å². The zero-order chi connectivity index (χ0) is 16.1. The fourth-order valence-electron chi connectivity index (χ4n) is 2.21. The maximum absolute atomic E-state index is 12.5. The highest BCUT2D eigenvalue weighted by molar-refractivity contribution is 6.07. The Bertz CT molecular complexity index is 658. The highest BCUT2D eigenvalue weighted by atomic mass is 16.3. The predicted molar refractivity (Wildman–Crippen MR) is 86.1 cm³/mol. The summed E-state index contributed by atoms with van der Waals surface area (Å²) in [4.78, 5) is 18.9. The van der Waals surface area contributed by atoms with Gasteiger partial charge in [-0.1, -0.05) is 18.2 Å². The van der Waals surface area contributed by atoms with E-state index in [4.69, 9.17) is 5.11 Å². The van der Waals surface area contributed by atoms with Crippen molar-refractivity contribution in [1.82, 2.24) is 10.3 Å². The molecule has 0 unspecified atom stereocenters. The normalized spacial score (nSPS) is 12.2. The quantitative estimate of drug-likeness (QED) is 0.734. The van der Waals surface area contributed by atoms with Crippen LogP contribution >= 0.6 is 0 Å². The third-order valence-electron chi connectivity index (χ3n) is 3.44. The smallest absolute Gasteiger partial charge is 0.252 e. The summed E-state index contributed by atoms with van der Waals surface area (Å²) in [6.45, 7) is -0.304. The first kappa shape index (κ1) is 16.2. The highest BCUT2D eigenvalue weighted by Crippen LogP contribution is 2.22. The molecule has 0 aliphatic heterocycles. The predicted octanol–water partition coefficient (Wildman–Crippen LogP) is 0.774. The van der Waals surface area contributed by atoms with Crippen molar-refractivity contribution in [3.8, 4) is 0 Å². The zero-order valence-corrected chi connectivity index (χ0v) is 12.8. The maximum atomic E-state index is 12.5. The van der Waals surface area contributed by atoms with Crippen LogP contribution < -0.4 is 10.2 Å². The van der Waals surface area contributed by atoms with Crippen LogP contribution in [0.5, 0.6) is 0 Å². The number of amides is 1. The molecule has 22 heavy (non-hydrogen) atoms. The molecule has 1 aromatic carbocycles. The van der Waals surface area contributed by atoms with Crippen LogP contribution in [-0.2, 0) is 0 Å². The van der Waals surface area contributed by atoms with E-state index in [-0.39, 0.29) is 19.1 Å². The molecule has 1 aromatic heterocycles. The van der Waals surface area contributed by atoms with Gasteiger partial charge in [0.05, 0.1) is 23.7 Å². The SMILES string of the molecule is CN(C)c1cc(C(=O)N[C@H](CO)CCO)c2ccccc2n1. The summed E-state index contributed by atoms with van der Waals surface area (Å²) in [6, 6.07) is 8.69. The summed E-state index contributed by atoms with van der Waals surface area (Å²) in [7, 11) is 3.72. The lowest BCUT2D eigenvalue weighted by Gasteiger charge is -2.18. The van der Waals surface area contributed by atoms with Gasteiger partial charge in [0.25, 0.3) is 5.91 Å². The summed E-state index contributed by atoms with van der Waals surface area (Å²) < 4.78 is 0. The van der Waals surface area contributed by atoms with Gasteiger partial charge in [-0.25, -0.2) is 4.98 Å². The van der Waals surface area contributed by atoms with E-state index in [1.165, 1.54) is 0 Å². The second-order valence-corrected chi connectivity index (χ2v) is 5.30. The Morgan fingerprint density at radius 1 is 1.32 bits per heavy atom. The number of aromatic nitrogens is 1. The molecule has 0 spiro atoms. The summed E-state index contributed by atoms with van der Waals surface area (Å²) in [6.07, 6.45) is 0.311. The zero-order valence-electron chi connectivity index (χ0n) is 12.8. The summed E-state index contributed by atoms with van der Waals surface area (Å²) >= 11 is 0. The molecule has 1 atom stereocenters. The molecule has 0 radical (unpaired) electrons. The summed E-state index contributed by atoms with van der Waals surface area (Å²) in [5, 5.41) is 21.7. The molecule has 0 fully saturated rings. The number of pyridine rings is 1. The standard InChI is InChI=1S/C16H21N3O3/c1-19(2)15-9-13(12-5-3-4-6-14(12)18-15)16(22)17-11(10-21)7-8-20/h3-6,9,11,20-21H,7-8,10H2,1-2H3,(H,17,22)/t11-/m0/s1. The number of aliphatic hydroxyl groups excluding tert-OH is 2. The maximum Gasteiger partial charge on any atom is 0.252 e. The number of rotatable bonds is 6. The van der Waals surface area contributed by atoms with Gasteiger partial charge in [-0.2, -0.15) is 0 Å². The number of nitrogens with one attached hydrogen (secondary N) is 1. The second kappa shape index (κ2) is 7.20. The van der Waals surface area contributed by atoms with Gasteiger partial charge in [0.2, 0.25) is 0 Å². The van der Waals surface area contributed by atoms with Crippen molar-refractivity contribution in [2.75, 3.05) is 32.2 Å². The molecule has 6 nitrogen and oxygen atoms in total. The molecule has 0 bridgehead atoms. The minimum Gasteiger partial charge on any atom is -0.396 e. The number of aliphatic hydroxyl groups is 2. The molecule has 2 aromatic rings. The number of hydrogen-bond donors (Lipinski definition) is 3. The number of anilines is 1. The average Bonchev–Trinajstić information content (AvgIpc) is 2.53. The number of carbonyl (C=O) groups excluding carboxylic acids is 1. The topological polar surface area (TPSA) is 85.7 Å². The first-order valence-electron chi connectivity index (χ1n) is 7.16. The monoisotopic (exact) mass is 303 g/mol. The van der Waals surface area contributed by atoms with E-state index in [0.717, 1.165) is 10.9 Å². The minimum absolute atomic E-state index is 0.0917. The van der Waals surface area contributed by atoms with Gasteiger partial charge < -0.3 is 20.4 Å². The lowest BCUT2D eigenvalue weighted by molar-refractivity contribution is 0.0906. The Labute approximate surface area is 129 Å². The van der Waals surface area contributed by atoms with Gasteiger partial charge in [0.1, 0.15) is 5.82 Å². The van der Waals surface area contributed by atoms with Crippen LogP contribution in [0.4, 0.5) is 5.82 Å². The van der Waals surface area contributed by atoms with Crippen LogP contribution in [0.1, 0.15) is 16.8 Å². The van der Waals surface area contributed by atoms with Crippen molar-refractivity contribution in [1.29, 1.82) is 0 Å². The molecule has 0 saturated heterocycles. The molecule has 0 aliphatic carbocycles. The largest absolute Gasteiger partial charge is 0.396 e. The molecule has 1 amide bonds. The Balaban J connectivity index is 2.42. The van der Waals surface area contributed by atoms with E-state index in [9.17, 15) is 9.90 Å². The van der Waals surface area contributed by atoms with Crippen LogP contribution in [0.3, 0.4) is 0 Å². The molecule has 6 heteroatoms. The molecule has 0 aliphatic rings. The van der Waals surface area contributed by atoms with Gasteiger partial charge in [-0.3, -0.25) is 4.79 Å². The first-order valence-corrected chi connectivity index (χ1v) is 7.16. The number of carbonyl (C=O) groups is 1. The summed E-state index contributed by atoms with van der Waals surface area (Å²) in [5.74, 6) is 0.403. The molecular formula is C16H21N3O3. The Hall–Kier alpha value is -2.18. The van der Waals surface area contributed by atoms with Crippen LogP contribution in [0.15, 0.2) is 30.3 Å². The van der Waals surface area contributed by atoms with Gasteiger partial charge >= 0.3 is 0 Å². The number of benzene rings is 1. The number of nitrogens with zero attached hydrogens (tertiary/aromatic N) is 2. The number of para-hydroxylation sites is 1. The molecule has 1 heterocycles. The van der Waals surface area contributed by atoms with Crippen LogP contribution in [-0.4, -0.2) is 54.5 Å². The van der Waals surface area contributed by atoms with Crippen molar-refractivity contribution in [3.05, 3.63) is 35.9 Å². The van der Waals surface area contributed by atoms with Crippen molar-refractivity contribution in [3.63, 3.8) is 0 Å². The second-order valence-electron chi connectivity index (χ2n) is 5.30. The Kier molecular flexibility index (Phi) is 5.30. The lowest BCUT2D eigenvalue weighted by atomic mass is 10.1. The molecule has 2 rings (SSSR count). The fraction of sp³-hybridized carbons (Fsp3) is 0.375. The van der Waals surface area contributed by atoms with Crippen LogP contribution in [0.2, 0.25) is 0 Å². The minimum atomic E-state index is -0.466. The number of fused-ring (bicyclic) bond motifs is 1. The van der Waals surface area contributed by atoms with Crippen molar-refractivity contribution < 1.29 is 15.0 Å². The fourth-order valence-corrected chi connectivity index (χ4v) is 2.21. The van der Waals surface area contributed by atoms with Gasteiger partial charge in [0, 0.05) is 26.1 Å². The molecular weight excluding hydrogens is 282 g/mol. The van der Waals surface area contributed by atoms with E-state index in [2.05, 4.69) is 10.3 Å². The third kappa shape index (κ3) is 3.52. The third-order valence-corrected chi connectivity index (χ3v) is 3.44. The molecule has 3 N–H and O–H groups in total. The van der Waals surface area contributed by atoms with Gasteiger partial charge in [-0.15, -0.1) is 0 Å². The highest BCUT2D eigenvalue weighted by Gasteiger charge is 2.17. The van der Waals surface area contributed by atoms with E-state index in [1.54, 1.807) is 6.07 Å². The lowest BCUT2D eigenvalue weighted by Crippen LogP contribution is -2.38. The van der Waals surface area contributed by atoms with Crippen molar-refractivity contribution in [2.24, 2.45) is 0 Å². The van der Waals surface area contributed by atoms with Crippen molar-refractivity contribution >= 4 is 22.6 Å². The molecule has 118 valence electrons. The van der Waals surface area contributed by atoms with Crippen molar-refractivity contribution in [2.45, 2.75) is 12.5 Å². The average molecular weight is 303 g/mol. The first-order chi connectivity index (χ1) is 10.6. The molecule has 0 saturated carbocycles. The van der Waals surface area contributed by atoms with E-state index in [1.807, 2.05) is 43.3 Å². The summed E-state index contributed by atoms with van der Waals surface area (Å²) in [5.41, 5.74) is 1.24. The number of hydrogen-bond acceptors (Lipinski definition) is 5. The van der Waals surface area contributed by atoms with E-state index in [0.29, 0.717) is 17.8 Å². The van der Waals surface area contributed by atoms with Gasteiger partial charge in [-0.05, 0) is 18.6 Å².